The molecule has 2 aromatic carbocycles. The van der Waals surface area contributed by atoms with E-state index in [0.29, 0.717) is 17.1 Å². The Balaban J connectivity index is 2.40. The average molecular weight is 244 g/mol. The van der Waals surface area contributed by atoms with Crippen molar-refractivity contribution < 1.29 is 13.9 Å². The van der Waals surface area contributed by atoms with Crippen LogP contribution >= 0.6 is 0 Å². The Labute approximate surface area is 105 Å². The van der Waals surface area contributed by atoms with E-state index in [1.807, 2.05) is 6.92 Å². The first kappa shape index (κ1) is 12.3. The third kappa shape index (κ3) is 2.56. The van der Waals surface area contributed by atoms with E-state index in [9.17, 15) is 9.18 Å². The molecule has 0 atom stereocenters. The Morgan fingerprint density at radius 3 is 2.56 bits per heavy atom. The Kier molecular flexibility index (Phi) is 3.42. The van der Waals surface area contributed by atoms with Gasteiger partial charge in [-0.2, -0.15) is 0 Å². The van der Waals surface area contributed by atoms with Crippen molar-refractivity contribution >= 4 is 5.78 Å². The molecule has 0 aromatic heterocycles. The number of ether oxygens (including phenoxy) is 1. The van der Waals surface area contributed by atoms with Gasteiger partial charge in [0.25, 0.3) is 0 Å². The minimum Gasteiger partial charge on any atom is -0.456 e. The second-order valence-corrected chi connectivity index (χ2v) is 4.06. The van der Waals surface area contributed by atoms with Gasteiger partial charge in [0.15, 0.2) is 5.78 Å². The average Bonchev–Trinajstić information content (AvgIpc) is 2.34. The molecule has 0 N–H and O–H groups in total. The molecule has 0 heterocycles. The number of Topliss-reactive ketones (excluding diaryl/α,β-unsaturated/α-hetero) is 1. The molecule has 0 amide bonds. The van der Waals surface area contributed by atoms with E-state index in [1.54, 1.807) is 30.3 Å². The van der Waals surface area contributed by atoms with Crippen LogP contribution in [0.1, 0.15) is 22.8 Å². The fraction of sp³-hybridized carbons (Fsp3) is 0.133. The number of carbonyl (C=O) groups is 1. The van der Waals surface area contributed by atoms with Crippen LogP contribution in [0.5, 0.6) is 11.5 Å². The molecule has 0 saturated heterocycles. The molecule has 2 rings (SSSR count). The van der Waals surface area contributed by atoms with Gasteiger partial charge in [-0.05, 0) is 37.6 Å². The van der Waals surface area contributed by atoms with E-state index in [1.165, 1.54) is 19.1 Å². The fourth-order valence-corrected chi connectivity index (χ4v) is 1.65. The maximum atomic E-state index is 13.2. The highest BCUT2D eigenvalue weighted by molar-refractivity contribution is 5.96. The van der Waals surface area contributed by atoms with Crippen molar-refractivity contribution in [1.29, 1.82) is 0 Å². The first-order chi connectivity index (χ1) is 8.58. The zero-order valence-electron chi connectivity index (χ0n) is 10.2. The van der Waals surface area contributed by atoms with Gasteiger partial charge in [-0.1, -0.05) is 18.2 Å². The van der Waals surface area contributed by atoms with E-state index >= 15 is 0 Å². The summed E-state index contributed by atoms with van der Waals surface area (Å²) in [6, 6.07) is 11.2. The van der Waals surface area contributed by atoms with Gasteiger partial charge in [0.1, 0.15) is 17.3 Å². The first-order valence-electron chi connectivity index (χ1n) is 5.62. The van der Waals surface area contributed by atoms with Crippen molar-refractivity contribution in [3.8, 4) is 11.5 Å². The second-order valence-electron chi connectivity index (χ2n) is 4.06. The summed E-state index contributed by atoms with van der Waals surface area (Å²) in [5, 5.41) is 0. The van der Waals surface area contributed by atoms with Crippen molar-refractivity contribution in [3.63, 3.8) is 0 Å². The minimum absolute atomic E-state index is 0.0837. The van der Waals surface area contributed by atoms with Gasteiger partial charge in [0.05, 0.1) is 5.56 Å². The minimum atomic E-state index is -0.365. The number of rotatable bonds is 3. The van der Waals surface area contributed by atoms with Crippen molar-refractivity contribution in [1.82, 2.24) is 0 Å². The molecule has 3 heteroatoms. The molecule has 2 nitrogen and oxygen atoms in total. The highest BCUT2D eigenvalue weighted by Gasteiger charge is 2.10. The van der Waals surface area contributed by atoms with Crippen LogP contribution in [-0.4, -0.2) is 5.78 Å². The van der Waals surface area contributed by atoms with Crippen LogP contribution in [0.2, 0.25) is 0 Å². The third-order valence-corrected chi connectivity index (χ3v) is 2.64. The number of hydrogen-bond acceptors (Lipinski definition) is 2. The van der Waals surface area contributed by atoms with Crippen molar-refractivity contribution in [3.05, 3.63) is 59.4 Å². The summed E-state index contributed by atoms with van der Waals surface area (Å²) in [4.78, 5) is 11.5. The zero-order valence-corrected chi connectivity index (χ0v) is 10.2. The maximum absolute atomic E-state index is 13.2. The molecule has 0 spiro atoms. The molecule has 0 fully saturated rings. The standard InChI is InChI=1S/C15H13FO2/c1-10-7-8-12(16)9-15(10)18-14-6-4-3-5-13(14)11(2)17/h3-9H,1-2H3. The summed E-state index contributed by atoms with van der Waals surface area (Å²) in [5.74, 6) is 0.415. The molecule has 0 aliphatic rings. The molecule has 0 aliphatic carbocycles. The Hall–Kier alpha value is -2.16. The van der Waals surface area contributed by atoms with Crippen LogP contribution < -0.4 is 4.74 Å². The van der Waals surface area contributed by atoms with Gasteiger partial charge in [-0.25, -0.2) is 4.39 Å². The lowest BCUT2D eigenvalue weighted by atomic mass is 10.1. The highest BCUT2D eigenvalue weighted by atomic mass is 19.1. The van der Waals surface area contributed by atoms with Crippen LogP contribution in [-0.2, 0) is 0 Å². The molecular formula is C15H13FO2. The molecule has 0 radical (unpaired) electrons. The zero-order chi connectivity index (χ0) is 13.1. The predicted octanol–water partition coefficient (Wildman–Crippen LogP) is 4.13. The van der Waals surface area contributed by atoms with E-state index in [4.69, 9.17) is 4.74 Å². The van der Waals surface area contributed by atoms with Crippen LogP contribution in [0.4, 0.5) is 4.39 Å². The van der Waals surface area contributed by atoms with Crippen molar-refractivity contribution in [2.45, 2.75) is 13.8 Å². The van der Waals surface area contributed by atoms with Gasteiger partial charge in [0.2, 0.25) is 0 Å². The van der Waals surface area contributed by atoms with Crippen LogP contribution in [0.25, 0.3) is 0 Å². The van der Waals surface area contributed by atoms with E-state index in [2.05, 4.69) is 0 Å². The molecule has 0 aliphatic heterocycles. The SMILES string of the molecule is CC(=O)c1ccccc1Oc1cc(F)ccc1C. The number of benzene rings is 2. The summed E-state index contributed by atoms with van der Waals surface area (Å²) in [6.45, 7) is 3.30. The number of ketones is 1. The van der Waals surface area contributed by atoms with Crippen LogP contribution in [0, 0.1) is 12.7 Å². The summed E-state index contributed by atoms with van der Waals surface area (Å²) >= 11 is 0. The summed E-state index contributed by atoms with van der Waals surface area (Å²) in [7, 11) is 0. The lowest BCUT2D eigenvalue weighted by Crippen LogP contribution is -1.97. The largest absolute Gasteiger partial charge is 0.456 e. The van der Waals surface area contributed by atoms with Gasteiger partial charge < -0.3 is 4.74 Å². The lowest BCUT2D eigenvalue weighted by molar-refractivity contribution is 0.101. The maximum Gasteiger partial charge on any atom is 0.163 e. The number of hydrogen-bond donors (Lipinski definition) is 0. The molecule has 18 heavy (non-hydrogen) atoms. The van der Waals surface area contributed by atoms with Gasteiger partial charge >= 0.3 is 0 Å². The molecule has 0 unspecified atom stereocenters. The topological polar surface area (TPSA) is 26.3 Å². The van der Waals surface area contributed by atoms with E-state index in [-0.39, 0.29) is 11.6 Å². The molecular weight excluding hydrogens is 231 g/mol. The first-order valence-corrected chi connectivity index (χ1v) is 5.62. The van der Waals surface area contributed by atoms with E-state index < -0.39 is 0 Å². The molecule has 0 saturated carbocycles. The Bertz CT molecular complexity index is 591. The monoisotopic (exact) mass is 244 g/mol. The molecule has 0 bridgehead atoms. The number of aryl methyl sites for hydroxylation is 1. The highest BCUT2D eigenvalue weighted by Crippen LogP contribution is 2.28. The fourth-order valence-electron chi connectivity index (χ4n) is 1.65. The summed E-state index contributed by atoms with van der Waals surface area (Å²) in [5.41, 5.74) is 1.30. The predicted molar refractivity (Wildman–Crippen MR) is 67.7 cm³/mol. The lowest BCUT2D eigenvalue weighted by Gasteiger charge is -2.11. The normalized spacial score (nSPS) is 10.2. The third-order valence-electron chi connectivity index (χ3n) is 2.64. The molecule has 2 aromatic rings. The van der Waals surface area contributed by atoms with Gasteiger partial charge in [-0.3, -0.25) is 4.79 Å². The number of halogens is 1. The molecule has 92 valence electrons. The summed E-state index contributed by atoms with van der Waals surface area (Å²) in [6.07, 6.45) is 0. The smallest absolute Gasteiger partial charge is 0.163 e. The van der Waals surface area contributed by atoms with Crippen molar-refractivity contribution in [2.24, 2.45) is 0 Å². The number of para-hydroxylation sites is 1. The van der Waals surface area contributed by atoms with Crippen LogP contribution in [0.3, 0.4) is 0 Å². The number of carbonyl (C=O) groups excluding carboxylic acids is 1. The van der Waals surface area contributed by atoms with E-state index in [0.717, 1.165) is 5.56 Å². The second kappa shape index (κ2) is 5.00. The summed E-state index contributed by atoms with van der Waals surface area (Å²) < 4.78 is 18.8. The van der Waals surface area contributed by atoms with Gasteiger partial charge in [-0.15, -0.1) is 0 Å². The van der Waals surface area contributed by atoms with Crippen molar-refractivity contribution in [2.75, 3.05) is 0 Å². The van der Waals surface area contributed by atoms with Gasteiger partial charge in [0, 0.05) is 6.07 Å². The van der Waals surface area contributed by atoms with Crippen LogP contribution in [0.15, 0.2) is 42.5 Å². The Morgan fingerprint density at radius 2 is 1.83 bits per heavy atom. The Morgan fingerprint density at radius 1 is 1.11 bits per heavy atom. The quantitative estimate of drug-likeness (QED) is 0.759.